The highest BCUT2D eigenvalue weighted by Crippen LogP contribution is 2.31. The molecule has 1 N–H and O–H groups in total. The third kappa shape index (κ3) is 3.30. The summed E-state index contributed by atoms with van der Waals surface area (Å²) in [4.78, 5) is 12.9. The van der Waals surface area contributed by atoms with Gasteiger partial charge in [0.25, 0.3) is 5.91 Å². The second kappa shape index (κ2) is 6.72. The summed E-state index contributed by atoms with van der Waals surface area (Å²) in [6.45, 7) is 5.54. The van der Waals surface area contributed by atoms with Crippen LogP contribution in [0.5, 0.6) is 0 Å². The van der Waals surface area contributed by atoms with Crippen LogP contribution in [0.2, 0.25) is 5.02 Å². The lowest BCUT2D eigenvalue weighted by atomic mass is 10.0. The van der Waals surface area contributed by atoms with Crippen LogP contribution in [0.25, 0.3) is 11.3 Å². The van der Waals surface area contributed by atoms with E-state index >= 15 is 0 Å². The molecule has 1 atom stereocenters. The van der Waals surface area contributed by atoms with Gasteiger partial charge in [-0.05, 0) is 26.8 Å². The Hall–Kier alpha value is -2.60. The van der Waals surface area contributed by atoms with Crippen molar-refractivity contribution in [3.8, 4) is 11.3 Å². The molecule has 0 unspecified atom stereocenters. The molecule has 130 valence electrons. The van der Waals surface area contributed by atoms with Crippen LogP contribution in [0.4, 0.5) is 0 Å². The van der Waals surface area contributed by atoms with E-state index in [9.17, 15) is 4.79 Å². The fourth-order valence-corrected chi connectivity index (χ4v) is 3.09. The number of benzene rings is 1. The highest BCUT2D eigenvalue weighted by molar-refractivity contribution is 6.33. The van der Waals surface area contributed by atoms with E-state index in [2.05, 4.69) is 15.6 Å². The summed E-state index contributed by atoms with van der Waals surface area (Å²) in [5.41, 5.74) is 3.33. The van der Waals surface area contributed by atoms with Gasteiger partial charge in [0.1, 0.15) is 17.0 Å². The van der Waals surface area contributed by atoms with Crippen molar-refractivity contribution in [1.29, 1.82) is 0 Å². The molecule has 0 aliphatic heterocycles. The Balaban J connectivity index is 1.92. The van der Waals surface area contributed by atoms with Gasteiger partial charge >= 0.3 is 0 Å². The number of amides is 1. The first-order valence-electron chi connectivity index (χ1n) is 7.90. The maximum atomic E-state index is 12.9. The first-order chi connectivity index (χ1) is 11.9. The molecule has 0 fully saturated rings. The number of aryl methyl sites for hydroxylation is 3. The third-order valence-electron chi connectivity index (χ3n) is 4.08. The van der Waals surface area contributed by atoms with Gasteiger partial charge in [0.15, 0.2) is 0 Å². The highest BCUT2D eigenvalue weighted by Gasteiger charge is 2.25. The molecule has 7 heteroatoms. The van der Waals surface area contributed by atoms with E-state index in [1.165, 1.54) is 0 Å². The smallest absolute Gasteiger partial charge is 0.257 e. The van der Waals surface area contributed by atoms with Gasteiger partial charge in [-0.25, -0.2) is 0 Å². The van der Waals surface area contributed by atoms with Crippen LogP contribution < -0.4 is 5.32 Å². The SMILES string of the molecule is Cc1nn(C)cc1[C@@H](C)NC(=O)c1c(-c2ccccc2Cl)noc1C. The van der Waals surface area contributed by atoms with Gasteiger partial charge in [-0.2, -0.15) is 5.10 Å². The topological polar surface area (TPSA) is 73.0 Å². The van der Waals surface area contributed by atoms with Crippen molar-refractivity contribution in [3.63, 3.8) is 0 Å². The van der Waals surface area contributed by atoms with Crippen molar-refractivity contribution < 1.29 is 9.32 Å². The molecule has 2 aromatic heterocycles. The zero-order valence-electron chi connectivity index (χ0n) is 14.5. The zero-order valence-corrected chi connectivity index (χ0v) is 15.3. The van der Waals surface area contributed by atoms with Crippen LogP contribution in [-0.2, 0) is 7.05 Å². The number of nitrogens with one attached hydrogen (secondary N) is 1. The Kier molecular flexibility index (Phi) is 4.63. The van der Waals surface area contributed by atoms with Gasteiger partial charge in [0.05, 0.1) is 16.8 Å². The maximum Gasteiger partial charge on any atom is 0.257 e. The van der Waals surface area contributed by atoms with Gasteiger partial charge in [0, 0.05) is 24.4 Å². The molecule has 0 bridgehead atoms. The Bertz CT molecular complexity index is 929. The lowest BCUT2D eigenvalue weighted by Crippen LogP contribution is -2.27. The Morgan fingerprint density at radius 3 is 2.68 bits per heavy atom. The Labute approximate surface area is 150 Å². The second-order valence-corrected chi connectivity index (χ2v) is 6.39. The van der Waals surface area contributed by atoms with E-state index in [0.29, 0.717) is 27.6 Å². The molecule has 6 nitrogen and oxygen atoms in total. The fourth-order valence-electron chi connectivity index (χ4n) is 2.87. The monoisotopic (exact) mass is 358 g/mol. The van der Waals surface area contributed by atoms with Crippen LogP contribution >= 0.6 is 11.6 Å². The van der Waals surface area contributed by atoms with Crippen LogP contribution in [0, 0.1) is 13.8 Å². The number of carbonyl (C=O) groups excluding carboxylic acids is 1. The summed E-state index contributed by atoms with van der Waals surface area (Å²) in [5.74, 6) is 0.187. The first kappa shape index (κ1) is 17.2. The molecular weight excluding hydrogens is 340 g/mol. The van der Waals surface area contributed by atoms with E-state index in [1.54, 1.807) is 17.7 Å². The van der Waals surface area contributed by atoms with E-state index in [0.717, 1.165) is 11.3 Å². The highest BCUT2D eigenvalue weighted by atomic mass is 35.5. The second-order valence-electron chi connectivity index (χ2n) is 5.98. The summed E-state index contributed by atoms with van der Waals surface area (Å²) in [6.07, 6.45) is 1.90. The predicted octanol–water partition coefficient (Wildman–Crippen LogP) is 3.84. The molecule has 0 aliphatic carbocycles. The Morgan fingerprint density at radius 1 is 1.32 bits per heavy atom. The van der Waals surface area contributed by atoms with E-state index in [-0.39, 0.29) is 11.9 Å². The van der Waals surface area contributed by atoms with Crippen LogP contribution in [0.3, 0.4) is 0 Å². The van der Waals surface area contributed by atoms with Gasteiger partial charge in [-0.1, -0.05) is 35.0 Å². The molecule has 25 heavy (non-hydrogen) atoms. The molecule has 0 saturated heterocycles. The minimum atomic E-state index is -0.260. The van der Waals surface area contributed by atoms with Crippen LogP contribution in [0.1, 0.15) is 40.3 Å². The summed E-state index contributed by atoms with van der Waals surface area (Å²) in [5, 5.41) is 11.8. The minimum Gasteiger partial charge on any atom is -0.360 e. The molecule has 2 heterocycles. The summed E-state index contributed by atoms with van der Waals surface area (Å²) < 4.78 is 6.98. The van der Waals surface area contributed by atoms with E-state index in [1.807, 2.05) is 45.3 Å². The maximum absolute atomic E-state index is 12.9. The first-order valence-corrected chi connectivity index (χ1v) is 8.28. The van der Waals surface area contributed by atoms with Gasteiger partial charge in [-0.15, -0.1) is 0 Å². The summed E-state index contributed by atoms with van der Waals surface area (Å²) in [7, 11) is 1.85. The number of rotatable bonds is 4. The normalized spacial score (nSPS) is 12.2. The van der Waals surface area contributed by atoms with Crippen LogP contribution in [0.15, 0.2) is 35.0 Å². The molecule has 0 aliphatic rings. The van der Waals surface area contributed by atoms with E-state index in [4.69, 9.17) is 16.1 Å². The molecular formula is C18H19ClN4O2. The Morgan fingerprint density at radius 2 is 2.04 bits per heavy atom. The largest absolute Gasteiger partial charge is 0.360 e. The molecule has 1 amide bonds. The van der Waals surface area contributed by atoms with Crippen molar-refractivity contribution in [2.75, 3.05) is 0 Å². The zero-order chi connectivity index (χ0) is 18.1. The lowest BCUT2D eigenvalue weighted by molar-refractivity contribution is 0.0939. The predicted molar refractivity (Wildman–Crippen MR) is 95.5 cm³/mol. The van der Waals surface area contributed by atoms with Gasteiger partial charge < -0.3 is 9.84 Å². The number of aromatic nitrogens is 3. The standard InChI is InChI=1S/C18H19ClN4O2/c1-10(14-9-23(4)21-11(14)2)20-18(24)16-12(3)25-22-17(16)13-7-5-6-8-15(13)19/h5-10H,1-4H3,(H,20,24)/t10-/m1/s1. The number of hydrogen-bond acceptors (Lipinski definition) is 4. The molecule has 1 aromatic carbocycles. The number of nitrogens with zero attached hydrogens (tertiary/aromatic N) is 3. The summed E-state index contributed by atoms with van der Waals surface area (Å²) >= 11 is 6.25. The van der Waals surface area contributed by atoms with Crippen molar-refractivity contribution in [3.05, 3.63) is 58.1 Å². The quantitative estimate of drug-likeness (QED) is 0.769. The van der Waals surface area contributed by atoms with Crippen molar-refractivity contribution in [1.82, 2.24) is 20.3 Å². The number of hydrogen-bond donors (Lipinski definition) is 1. The fraction of sp³-hybridized carbons (Fsp3) is 0.278. The average Bonchev–Trinajstić information content (AvgIpc) is 3.10. The van der Waals surface area contributed by atoms with Crippen molar-refractivity contribution in [2.24, 2.45) is 7.05 Å². The summed E-state index contributed by atoms with van der Waals surface area (Å²) in [6, 6.07) is 7.03. The third-order valence-corrected chi connectivity index (χ3v) is 4.41. The van der Waals surface area contributed by atoms with Gasteiger partial charge in [-0.3, -0.25) is 9.48 Å². The molecule has 0 spiro atoms. The average molecular weight is 359 g/mol. The van der Waals surface area contributed by atoms with Crippen molar-refractivity contribution >= 4 is 17.5 Å². The molecule has 3 aromatic rings. The molecule has 3 rings (SSSR count). The van der Waals surface area contributed by atoms with Gasteiger partial charge in [0.2, 0.25) is 0 Å². The lowest BCUT2D eigenvalue weighted by Gasteiger charge is -2.13. The molecule has 0 saturated carbocycles. The van der Waals surface area contributed by atoms with Crippen LogP contribution in [-0.4, -0.2) is 20.8 Å². The van der Waals surface area contributed by atoms with Crippen molar-refractivity contribution in [2.45, 2.75) is 26.8 Å². The molecule has 0 radical (unpaired) electrons. The van der Waals surface area contributed by atoms with E-state index < -0.39 is 0 Å². The number of carbonyl (C=O) groups is 1. The minimum absolute atomic E-state index is 0.199. The number of halogens is 1.